The second-order valence-electron chi connectivity index (χ2n) is 7.92. The maximum absolute atomic E-state index is 13.5. The highest BCUT2D eigenvalue weighted by Gasteiger charge is 2.60. The summed E-state index contributed by atoms with van der Waals surface area (Å²) in [6.07, 6.45) is 0.913. The molecule has 0 unspecified atom stereocenters. The molecule has 2 aliphatic rings. The fraction of sp³-hybridized carbons (Fsp3) is 0.318. The Hall–Kier alpha value is -2.62. The summed E-state index contributed by atoms with van der Waals surface area (Å²) in [6, 6.07) is 10.1. The van der Waals surface area contributed by atoms with E-state index in [1.54, 1.807) is 24.3 Å². The van der Waals surface area contributed by atoms with Gasteiger partial charge in [-0.2, -0.15) is 0 Å². The standard InChI is InChI=1S/C22H22BrClN4O4/c1-32-18-6-3-12(24)9-17(18)26-20(30)15-10-13(4-7-19(25)29)28-22(15)14-8-11(23)2-5-16(14)27-21(22)31/h2-3,5-6,8-9,13,15,28H,4,7,10H2,1H3,(H2,25,29)(H,26,30)(H,27,31)/t13-,15-,22+/m0/s1. The molecule has 0 aromatic heterocycles. The Bertz CT molecular complexity index is 1110. The monoisotopic (exact) mass is 520 g/mol. The number of methoxy groups -OCH3 is 1. The van der Waals surface area contributed by atoms with Crippen LogP contribution in [0.4, 0.5) is 11.4 Å². The van der Waals surface area contributed by atoms with Gasteiger partial charge in [0.15, 0.2) is 0 Å². The molecule has 0 aliphatic carbocycles. The summed E-state index contributed by atoms with van der Waals surface area (Å²) < 4.78 is 6.12. The minimum atomic E-state index is -1.28. The average Bonchev–Trinajstić information content (AvgIpc) is 3.26. The third kappa shape index (κ3) is 3.96. The van der Waals surface area contributed by atoms with Crippen molar-refractivity contribution in [2.75, 3.05) is 17.7 Å². The topological polar surface area (TPSA) is 123 Å². The molecule has 0 bridgehead atoms. The van der Waals surface area contributed by atoms with E-state index >= 15 is 0 Å². The molecule has 1 spiro atoms. The fourth-order valence-electron chi connectivity index (χ4n) is 4.53. The number of ether oxygens (including phenoxy) is 1. The number of nitrogens with two attached hydrogens (primary N) is 1. The zero-order chi connectivity index (χ0) is 23.0. The molecular weight excluding hydrogens is 500 g/mol. The largest absolute Gasteiger partial charge is 0.495 e. The van der Waals surface area contributed by atoms with E-state index < -0.39 is 17.4 Å². The lowest BCUT2D eigenvalue weighted by Crippen LogP contribution is -2.52. The number of fused-ring (bicyclic) bond motifs is 2. The number of halogens is 2. The number of nitrogens with one attached hydrogen (secondary N) is 3. The van der Waals surface area contributed by atoms with E-state index in [1.165, 1.54) is 7.11 Å². The first-order chi connectivity index (χ1) is 15.2. The molecular formula is C22H22BrClN4O4. The van der Waals surface area contributed by atoms with E-state index in [1.807, 2.05) is 12.1 Å². The molecule has 0 saturated carbocycles. The van der Waals surface area contributed by atoms with Gasteiger partial charge in [-0.05, 0) is 49.2 Å². The number of hydrogen-bond acceptors (Lipinski definition) is 5. The molecule has 168 valence electrons. The molecule has 1 fully saturated rings. The minimum Gasteiger partial charge on any atom is -0.495 e. The molecule has 4 rings (SSSR count). The average molecular weight is 522 g/mol. The molecule has 3 atom stereocenters. The normalized spacial score (nSPS) is 23.7. The molecule has 10 heteroatoms. The summed E-state index contributed by atoms with van der Waals surface area (Å²) in [5.41, 5.74) is 5.77. The second-order valence-corrected chi connectivity index (χ2v) is 9.27. The van der Waals surface area contributed by atoms with Crippen molar-refractivity contribution in [3.8, 4) is 5.75 Å². The van der Waals surface area contributed by atoms with Gasteiger partial charge in [-0.25, -0.2) is 0 Å². The first kappa shape index (κ1) is 22.6. The van der Waals surface area contributed by atoms with Gasteiger partial charge in [0.2, 0.25) is 17.7 Å². The van der Waals surface area contributed by atoms with Crippen molar-refractivity contribution in [3.63, 3.8) is 0 Å². The SMILES string of the molecule is COc1ccc(Cl)cc1NC(=O)[C@@H]1C[C@H](CCC(N)=O)N[C@@]12C(=O)Nc1ccc(Br)cc12. The van der Waals surface area contributed by atoms with Crippen LogP contribution >= 0.6 is 27.5 Å². The highest BCUT2D eigenvalue weighted by Crippen LogP contribution is 2.48. The lowest BCUT2D eigenvalue weighted by Gasteiger charge is -2.29. The molecule has 3 amide bonds. The Labute approximate surface area is 198 Å². The van der Waals surface area contributed by atoms with Crippen molar-refractivity contribution in [2.24, 2.45) is 11.7 Å². The molecule has 5 N–H and O–H groups in total. The predicted molar refractivity (Wildman–Crippen MR) is 125 cm³/mol. The molecule has 2 aromatic carbocycles. The van der Waals surface area contributed by atoms with E-state index in [0.717, 1.165) is 4.47 Å². The highest BCUT2D eigenvalue weighted by molar-refractivity contribution is 9.10. The van der Waals surface area contributed by atoms with Crippen molar-refractivity contribution < 1.29 is 19.1 Å². The van der Waals surface area contributed by atoms with Crippen molar-refractivity contribution >= 4 is 56.6 Å². The van der Waals surface area contributed by atoms with Crippen LogP contribution < -0.4 is 26.4 Å². The van der Waals surface area contributed by atoms with Gasteiger partial charge in [-0.15, -0.1) is 0 Å². The van der Waals surface area contributed by atoms with Crippen molar-refractivity contribution in [1.29, 1.82) is 0 Å². The number of primary amides is 1. The Morgan fingerprint density at radius 1 is 1.31 bits per heavy atom. The number of anilines is 2. The highest BCUT2D eigenvalue weighted by atomic mass is 79.9. The Morgan fingerprint density at radius 3 is 2.81 bits per heavy atom. The zero-order valence-electron chi connectivity index (χ0n) is 17.2. The van der Waals surface area contributed by atoms with Crippen LogP contribution in [0.1, 0.15) is 24.8 Å². The molecule has 8 nitrogen and oxygen atoms in total. The molecule has 2 aromatic rings. The lowest BCUT2D eigenvalue weighted by atomic mass is 9.79. The number of carbonyl (C=O) groups is 3. The molecule has 1 saturated heterocycles. The lowest BCUT2D eigenvalue weighted by molar-refractivity contribution is -0.130. The molecule has 32 heavy (non-hydrogen) atoms. The van der Waals surface area contributed by atoms with Gasteiger partial charge in [0, 0.05) is 33.2 Å². The summed E-state index contributed by atoms with van der Waals surface area (Å²) in [5.74, 6) is -1.41. The van der Waals surface area contributed by atoms with Crippen LogP contribution in [0, 0.1) is 5.92 Å². The van der Waals surface area contributed by atoms with Gasteiger partial charge in [0.1, 0.15) is 11.3 Å². The molecule has 0 radical (unpaired) electrons. The van der Waals surface area contributed by atoms with Crippen molar-refractivity contribution in [2.45, 2.75) is 30.8 Å². The second kappa shape index (κ2) is 8.73. The van der Waals surface area contributed by atoms with Crippen LogP contribution in [0.25, 0.3) is 0 Å². The zero-order valence-corrected chi connectivity index (χ0v) is 19.5. The summed E-state index contributed by atoms with van der Waals surface area (Å²) in [5, 5.41) is 9.55. The van der Waals surface area contributed by atoms with E-state index in [0.29, 0.717) is 40.6 Å². The number of amides is 3. The number of carbonyl (C=O) groups excluding carboxylic acids is 3. The maximum Gasteiger partial charge on any atom is 0.250 e. The quantitative estimate of drug-likeness (QED) is 0.465. The third-order valence-corrected chi connectivity index (χ3v) is 6.69. The van der Waals surface area contributed by atoms with Crippen molar-refractivity contribution in [3.05, 3.63) is 51.5 Å². The van der Waals surface area contributed by atoms with E-state index in [-0.39, 0.29) is 24.3 Å². The van der Waals surface area contributed by atoms with E-state index in [2.05, 4.69) is 31.9 Å². The Kier molecular flexibility index (Phi) is 6.15. The molecule has 2 aliphatic heterocycles. The van der Waals surface area contributed by atoms with Gasteiger partial charge >= 0.3 is 0 Å². The maximum atomic E-state index is 13.5. The van der Waals surface area contributed by atoms with Gasteiger partial charge in [-0.1, -0.05) is 27.5 Å². The Balaban J connectivity index is 1.72. The van der Waals surface area contributed by atoms with Gasteiger partial charge in [-0.3, -0.25) is 19.7 Å². The van der Waals surface area contributed by atoms with Crippen LogP contribution in [0.5, 0.6) is 5.75 Å². The Morgan fingerprint density at radius 2 is 2.09 bits per heavy atom. The summed E-state index contributed by atoms with van der Waals surface area (Å²) in [4.78, 5) is 38.2. The van der Waals surface area contributed by atoms with Gasteiger partial charge < -0.3 is 21.1 Å². The third-order valence-electron chi connectivity index (χ3n) is 5.96. The van der Waals surface area contributed by atoms with E-state index in [4.69, 9.17) is 22.1 Å². The van der Waals surface area contributed by atoms with Gasteiger partial charge in [0.25, 0.3) is 0 Å². The first-order valence-electron chi connectivity index (χ1n) is 10.1. The predicted octanol–water partition coefficient (Wildman–Crippen LogP) is 3.14. The van der Waals surface area contributed by atoms with Crippen LogP contribution in [0.15, 0.2) is 40.9 Å². The van der Waals surface area contributed by atoms with E-state index in [9.17, 15) is 14.4 Å². The van der Waals surface area contributed by atoms with Crippen LogP contribution in [0.3, 0.4) is 0 Å². The number of hydrogen-bond donors (Lipinski definition) is 4. The number of benzene rings is 2. The smallest absolute Gasteiger partial charge is 0.250 e. The minimum absolute atomic E-state index is 0.150. The van der Waals surface area contributed by atoms with Crippen LogP contribution in [-0.2, 0) is 19.9 Å². The summed E-state index contributed by atoms with van der Waals surface area (Å²) in [7, 11) is 1.50. The van der Waals surface area contributed by atoms with Crippen molar-refractivity contribution in [1.82, 2.24) is 5.32 Å². The molecule has 2 heterocycles. The van der Waals surface area contributed by atoms with Gasteiger partial charge in [0.05, 0.1) is 18.7 Å². The summed E-state index contributed by atoms with van der Waals surface area (Å²) in [6.45, 7) is 0. The first-order valence-corrected chi connectivity index (χ1v) is 11.2. The van der Waals surface area contributed by atoms with Crippen LogP contribution in [0.2, 0.25) is 5.02 Å². The van der Waals surface area contributed by atoms with Crippen LogP contribution in [-0.4, -0.2) is 30.9 Å². The number of rotatable bonds is 6. The fourth-order valence-corrected chi connectivity index (χ4v) is 5.07. The summed E-state index contributed by atoms with van der Waals surface area (Å²) >= 11 is 9.56.